The van der Waals surface area contributed by atoms with Gasteiger partial charge in [0.1, 0.15) is 29.9 Å². The van der Waals surface area contributed by atoms with Gasteiger partial charge in [0.15, 0.2) is 0 Å². The molecule has 2 fully saturated rings. The Morgan fingerprint density at radius 1 is 1.10 bits per heavy atom. The summed E-state index contributed by atoms with van der Waals surface area (Å²) in [6.07, 6.45) is 4.75. The molecule has 2 N–H and O–H groups in total. The van der Waals surface area contributed by atoms with Crippen molar-refractivity contribution in [3.05, 3.63) is 59.4 Å². The predicted molar refractivity (Wildman–Crippen MR) is 110 cm³/mol. The fraction of sp³-hybridized carbons (Fsp3) is 0.500. The highest BCUT2D eigenvalue weighted by molar-refractivity contribution is 5.42. The number of piperidine rings is 1. The Balaban J connectivity index is 1.78. The molecule has 1 unspecified atom stereocenters. The largest absolute Gasteiger partial charge is 0.497 e. The van der Waals surface area contributed by atoms with Crippen LogP contribution in [0.4, 0.5) is 4.39 Å². The molecule has 29 heavy (non-hydrogen) atoms. The van der Waals surface area contributed by atoms with Crippen molar-refractivity contribution >= 4 is 0 Å². The number of methoxy groups -OCH3 is 2. The van der Waals surface area contributed by atoms with Crippen molar-refractivity contribution in [2.75, 3.05) is 20.8 Å². The van der Waals surface area contributed by atoms with Crippen molar-refractivity contribution < 1.29 is 23.9 Å². The summed E-state index contributed by atoms with van der Waals surface area (Å²) in [5, 5.41) is 11.5. The fourth-order valence-electron chi connectivity index (χ4n) is 5.46. The van der Waals surface area contributed by atoms with Crippen LogP contribution in [0.1, 0.15) is 49.3 Å². The maximum Gasteiger partial charge on any atom is 0.132 e. The average molecular weight is 401 g/mol. The standard InChI is InChI=1S/C24H30FNO3/c1-28-18-10-11-22(29-2)19(15-18)23-20-8-5-6-12-24(20,27)13-14-26(23)16-17-7-3-4-9-21(17)25/h3-4,7,9-11,15,20,23,27H,5-6,8,12-14,16H2,1-2H3/p+1/t20-,23-,24+/m1/s1. The number of fused-ring (bicyclic) bond motifs is 1. The van der Waals surface area contributed by atoms with Crippen LogP contribution in [-0.2, 0) is 6.54 Å². The van der Waals surface area contributed by atoms with Crippen molar-refractivity contribution in [2.45, 2.75) is 50.3 Å². The summed E-state index contributed by atoms with van der Waals surface area (Å²) in [5.74, 6) is 1.53. The van der Waals surface area contributed by atoms with Crippen LogP contribution in [-0.4, -0.2) is 31.5 Å². The highest BCUT2D eigenvalue weighted by Gasteiger charge is 2.52. The number of quaternary nitrogens is 1. The third-order valence-corrected chi connectivity index (χ3v) is 6.93. The first-order valence-electron chi connectivity index (χ1n) is 10.6. The summed E-state index contributed by atoms with van der Waals surface area (Å²) in [7, 11) is 3.34. The summed E-state index contributed by atoms with van der Waals surface area (Å²) in [6.45, 7) is 1.39. The molecular formula is C24H31FNO3+. The van der Waals surface area contributed by atoms with Crippen molar-refractivity contribution in [2.24, 2.45) is 5.92 Å². The van der Waals surface area contributed by atoms with E-state index < -0.39 is 5.60 Å². The molecule has 1 saturated heterocycles. The molecule has 1 heterocycles. The maximum absolute atomic E-state index is 14.4. The third kappa shape index (κ3) is 3.86. The lowest BCUT2D eigenvalue weighted by molar-refractivity contribution is -0.958. The molecule has 2 aromatic rings. The number of nitrogens with one attached hydrogen (secondary N) is 1. The number of likely N-dealkylation sites (tertiary alicyclic amines) is 1. The molecule has 0 bridgehead atoms. The predicted octanol–water partition coefficient (Wildman–Crippen LogP) is 3.29. The normalized spacial score (nSPS) is 29.2. The molecule has 156 valence electrons. The molecule has 2 aromatic carbocycles. The summed E-state index contributed by atoms with van der Waals surface area (Å²) in [4.78, 5) is 1.28. The number of ether oxygens (including phenoxy) is 2. The van der Waals surface area contributed by atoms with Gasteiger partial charge in [-0.1, -0.05) is 31.0 Å². The highest BCUT2D eigenvalue weighted by Crippen LogP contribution is 2.46. The van der Waals surface area contributed by atoms with Gasteiger partial charge in [-0.2, -0.15) is 0 Å². The van der Waals surface area contributed by atoms with Crippen LogP contribution in [0.5, 0.6) is 11.5 Å². The minimum absolute atomic E-state index is 0.0266. The molecule has 1 aliphatic carbocycles. The second-order valence-corrected chi connectivity index (χ2v) is 8.47. The van der Waals surface area contributed by atoms with E-state index in [1.165, 1.54) is 11.0 Å². The SMILES string of the molecule is COc1ccc(OC)c([C@@H]2[C@H]3CCCC[C@]3(O)CC[NH+]2Cc2ccccc2F)c1. The summed E-state index contributed by atoms with van der Waals surface area (Å²) in [5.41, 5.74) is 1.11. The van der Waals surface area contributed by atoms with Gasteiger partial charge in [0, 0.05) is 17.9 Å². The van der Waals surface area contributed by atoms with E-state index in [4.69, 9.17) is 9.47 Å². The Morgan fingerprint density at radius 2 is 1.93 bits per heavy atom. The first-order valence-corrected chi connectivity index (χ1v) is 10.6. The van der Waals surface area contributed by atoms with Gasteiger partial charge in [0.05, 0.1) is 31.9 Å². The van der Waals surface area contributed by atoms with Crippen LogP contribution < -0.4 is 14.4 Å². The van der Waals surface area contributed by atoms with E-state index in [9.17, 15) is 9.50 Å². The molecule has 5 heteroatoms. The minimum atomic E-state index is -0.657. The molecule has 4 rings (SSSR count). The Labute approximate surface area is 172 Å². The quantitative estimate of drug-likeness (QED) is 0.809. The van der Waals surface area contributed by atoms with Gasteiger partial charge in [0.25, 0.3) is 0 Å². The van der Waals surface area contributed by atoms with E-state index >= 15 is 0 Å². The number of rotatable bonds is 5. The van der Waals surface area contributed by atoms with Crippen LogP contribution in [0.25, 0.3) is 0 Å². The molecule has 2 aliphatic rings. The van der Waals surface area contributed by atoms with Crippen LogP contribution in [0.3, 0.4) is 0 Å². The van der Waals surface area contributed by atoms with E-state index in [1.807, 2.05) is 30.3 Å². The maximum atomic E-state index is 14.4. The van der Waals surface area contributed by atoms with E-state index in [1.54, 1.807) is 20.3 Å². The fourth-order valence-corrected chi connectivity index (χ4v) is 5.46. The van der Waals surface area contributed by atoms with Gasteiger partial charge in [-0.3, -0.25) is 0 Å². The molecule has 1 saturated carbocycles. The number of hydrogen-bond acceptors (Lipinski definition) is 3. The zero-order valence-corrected chi connectivity index (χ0v) is 17.3. The molecule has 0 spiro atoms. The second-order valence-electron chi connectivity index (χ2n) is 8.47. The number of aliphatic hydroxyl groups is 1. The van der Waals surface area contributed by atoms with E-state index in [0.717, 1.165) is 61.3 Å². The van der Waals surface area contributed by atoms with Crippen LogP contribution in [0, 0.1) is 11.7 Å². The average Bonchev–Trinajstić information content (AvgIpc) is 2.74. The van der Waals surface area contributed by atoms with Crippen molar-refractivity contribution in [1.82, 2.24) is 0 Å². The van der Waals surface area contributed by atoms with Crippen LogP contribution >= 0.6 is 0 Å². The lowest BCUT2D eigenvalue weighted by atomic mass is 9.66. The van der Waals surface area contributed by atoms with Crippen LogP contribution in [0.2, 0.25) is 0 Å². The van der Waals surface area contributed by atoms with Gasteiger partial charge >= 0.3 is 0 Å². The van der Waals surface area contributed by atoms with Gasteiger partial charge in [0.2, 0.25) is 0 Å². The van der Waals surface area contributed by atoms with Crippen molar-refractivity contribution in [3.8, 4) is 11.5 Å². The molecule has 1 aliphatic heterocycles. The molecule has 4 nitrogen and oxygen atoms in total. The summed E-state index contributed by atoms with van der Waals surface area (Å²) in [6, 6.07) is 12.9. The lowest BCUT2D eigenvalue weighted by Gasteiger charge is -2.50. The Hall–Kier alpha value is -2.11. The summed E-state index contributed by atoms with van der Waals surface area (Å²) >= 11 is 0. The molecule has 0 amide bonds. The summed E-state index contributed by atoms with van der Waals surface area (Å²) < 4.78 is 25.6. The van der Waals surface area contributed by atoms with Gasteiger partial charge < -0.3 is 19.5 Å². The monoisotopic (exact) mass is 400 g/mol. The molecule has 0 aromatic heterocycles. The molecule has 4 atom stereocenters. The lowest BCUT2D eigenvalue weighted by Crippen LogP contribution is -3.13. The van der Waals surface area contributed by atoms with Crippen molar-refractivity contribution in [1.29, 1.82) is 0 Å². The first kappa shape index (κ1) is 20.2. The van der Waals surface area contributed by atoms with Crippen molar-refractivity contribution in [3.63, 3.8) is 0 Å². The highest BCUT2D eigenvalue weighted by atomic mass is 19.1. The van der Waals surface area contributed by atoms with Gasteiger partial charge in [-0.05, 0) is 37.1 Å². The Morgan fingerprint density at radius 3 is 2.69 bits per heavy atom. The zero-order valence-electron chi connectivity index (χ0n) is 17.3. The number of hydrogen-bond donors (Lipinski definition) is 2. The van der Waals surface area contributed by atoms with E-state index in [2.05, 4.69) is 0 Å². The minimum Gasteiger partial charge on any atom is -0.497 e. The van der Waals surface area contributed by atoms with Gasteiger partial charge in [-0.15, -0.1) is 0 Å². The Kier molecular flexibility index (Phi) is 5.79. The second kappa shape index (κ2) is 8.33. The number of benzene rings is 2. The Bertz CT molecular complexity index is 858. The topological polar surface area (TPSA) is 43.1 Å². The number of halogens is 1. The van der Waals surface area contributed by atoms with E-state index in [-0.39, 0.29) is 17.8 Å². The van der Waals surface area contributed by atoms with Crippen LogP contribution in [0.15, 0.2) is 42.5 Å². The van der Waals surface area contributed by atoms with E-state index in [0.29, 0.717) is 6.54 Å². The molecule has 0 radical (unpaired) electrons. The smallest absolute Gasteiger partial charge is 0.132 e. The molecular weight excluding hydrogens is 369 g/mol. The zero-order chi connectivity index (χ0) is 20.4. The first-order chi connectivity index (χ1) is 14.1. The third-order valence-electron chi connectivity index (χ3n) is 6.93. The van der Waals surface area contributed by atoms with Gasteiger partial charge in [-0.25, -0.2) is 4.39 Å².